The van der Waals surface area contributed by atoms with Crippen LogP contribution in [-0.4, -0.2) is 30.8 Å². The van der Waals surface area contributed by atoms with E-state index in [9.17, 15) is 4.79 Å². The Bertz CT molecular complexity index is 1780. The highest BCUT2D eigenvalue weighted by atomic mass is 16.6. The maximum absolute atomic E-state index is 12.8. The van der Waals surface area contributed by atoms with E-state index in [4.69, 9.17) is 20.8 Å². The fourth-order valence-corrected chi connectivity index (χ4v) is 4.12. The molecule has 39 heavy (non-hydrogen) atoms. The van der Waals surface area contributed by atoms with Crippen molar-refractivity contribution in [2.45, 2.75) is 6.54 Å². The number of benzene rings is 3. The van der Waals surface area contributed by atoms with Crippen LogP contribution < -0.4 is 21.5 Å². The van der Waals surface area contributed by atoms with Crippen LogP contribution in [0.2, 0.25) is 0 Å². The Labute approximate surface area is 222 Å². The number of nitrogens with one attached hydrogen (secondary N) is 1. The summed E-state index contributed by atoms with van der Waals surface area (Å²) >= 11 is 0. The number of para-hydroxylation sites is 1. The number of aromatic nitrogens is 5. The standard InChI is InChI=1S/C28H22N8O3/c29-15-17-9-11-19(12-10-17)32-28(37)18-5-4-8-21(13-18)38-24-14-23-22(16-31-24)33-27(25-26(30)35-39-34-25)36(23)20-6-2-1-3-7-20/h1-14,16H,15,29H2,(H2,30,35)(H,32,37). The van der Waals surface area contributed by atoms with Crippen LogP contribution in [0.15, 0.2) is 95.8 Å². The predicted molar refractivity (Wildman–Crippen MR) is 145 cm³/mol. The van der Waals surface area contributed by atoms with Crippen LogP contribution in [0.3, 0.4) is 0 Å². The Morgan fingerprint density at radius 1 is 0.974 bits per heavy atom. The van der Waals surface area contributed by atoms with Crippen molar-refractivity contribution in [1.29, 1.82) is 0 Å². The average molecular weight is 519 g/mol. The zero-order valence-corrected chi connectivity index (χ0v) is 20.5. The summed E-state index contributed by atoms with van der Waals surface area (Å²) in [6, 6.07) is 25.6. The van der Waals surface area contributed by atoms with Gasteiger partial charge in [-0.1, -0.05) is 36.4 Å². The van der Waals surface area contributed by atoms with E-state index in [1.54, 1.807) is 36.5 Å². The van der Waals surface area contributed by atoms with Crippen LogP contribution in [0.1, 0.15) is 15.9 Å². The number of fused-ring (bicyclic) bond motifs is 1. The van der Waals surface area contributed by atoms with Crippen LogP contribution in [0, 0.1) is 0 Å². The van der Waals surface area contributed by atoms with Crippen LogP contribution in [-0.2, 0) is 6.54 Å². The van der Waals surface area contributed by atoms with Crippen molar-refractivity contribution < 1.29 is 14.2 Å². The van der Waals surface area contributed by atoms with Crippen molar-refractivity contribution >= 4 is 28.4 Å². The van der Waals surface area contributed by atoms with Crippen molar-refractivity contribution in [1.82, 2.24) is 24.8 Å². The van der Waals surface area contributed by atoms with Gasteiger partial charge in [0, 0.05) is 29.5 Å². The third-order valence-electron chi connectivity index (χ3n) is 6.02. The Morgan fingerprint density at radius 2 is 1.79 bits per heavy atom. The number of hydrogen-bond donors (Lipinski definition) is 3. The molecule has 3 aromatic heterocycles. The minimum absolute atomic E-state index is 0.123. The molecule has 0 aliphatic rings. The van der Waals surface area contributed by atoms with Crippen LogP contribution in [0.4, 0.5) is 11.5 Å². The van der Waals surface area contributed by atoms with Gasteiger partial charge in [0.25, 0.3) is 5.91 Å². The molecule has 0 aliphatic carbocycles. The Kier molecular flexibility index (Phi) is 6.15. The van der Waals surface area contributed by atoms with Gasteiger partial charge in [0.2, 0.25) is 5.88 Å². The van der Waals surface area contributed by atoms with Crippen LogP contribution >= 0.6 is 0 Å². The first-order chi connectivity index (χ1) is 19.1. The molecule has 192 valence electrons. The van der Waals surface area contributed by atoms with Gasteiger partial charge in [-0.15, -0.1) is 0 Å². The van der Waals surface area contributed by atoms with Crippen molar-refractivity contribution in [3.8, 4) is 28.8 Å². The number of anilines is 2. The quantitative estimate of drug-likeness (QED) is 0.275. The highest BCUT2D eigenvalue weighted by Crippen LogP contribution is 2.32. The van der Waals surface area contributed by atoms with Crippen LogP contribution in [0.25, 0.3) is 28.2 Å². The molecule has 0 radical (unpaired) electrons. The first kappa shape index (κ1) is 23.8. The maximum Gasteiger partial charge on any atom is 0.255 e. The van der Waals surface area contributed by atoms with Gasteiger partial charge in [-0.25, -0.2) is 14.6 Å². The molecule has 3 heterocycles. The lowest BCUT2D eigenvalue weighted by Gasteiger charge is -2.10. The molecular weight excluding hydrogens is 496 g/mol. The number of amides is 1. The van der Waals surface area contributed by atoms with Gasteiger partial charge in [0.05, 0.1) is 11.7 Å². The molecule has 11 heteroatoms. The lowest BCUT2D eigenvalue weighted by atomic mass is 10.1. The molecule has 0 fully saturated rings. The maximum atomic E-state index is 12.8. The molecule has 0 bridgehead atoms. The number of ether oxygens (including phenoxy) is 1. The number of hydrogen-bond acceptors (Lipinski definition) is 9. The normalized spacial score (nSPS) is 11.0. The molecule has 5 N–H and O–H groups in total. The van der Waals surface area contributed by atoms with Gasteiger partial charge >= 0.3 is 0 Å². The molecule has 0 saturated heterocycles. The molecule has 0 saturated carbocycles. The topological polar surface area (TPSA) is 160 Å². The zero-order chi connectivity index (χ0) is 26.8. The molecule has 11 nitrogen and oxygen atoms in total. The highest BCUT2D eigenvalue weighted by molar-refractivity contribution is 6.04. The van der Waals surface area contributed by atoms with Gasteiger partial charge in [0.15, 0.2) is 17.3 Å². The van der Waals surface area contributed by atoms with Gasteiger partial charge in [0.1, 0.15) is 11.3 Å². The van der Waals surface area contributed by atoms with E-state index in [0.29, 0.717) is 52.0 Å². The van der Waals surface area contributed by atoms with E-state index < -0.39 is 0 Å². The Morgan fingerprint density at radius 3 is 2.54 bits per heavy atom. The second kappa shape index (κ2) is 10.1. The largest absolute Gasteiger partial charge is 0.439 e. The van der Waals surface area contributed by atoms with Gasteiger partial charge in [-0.05, 0) is 58.3 Å². The summed E-state index contributed by atoms with van der Waals surface area (Å²) in [6.07, 6.45) is 1.60. The van der Waals surface area contributed by atoms with Crippen molar-refractivity contribution in [3.05, 3.63) is 102 Å². The van der Waals surface area contributed by atoms with Crippen molar-refractivity contribution in [3.63, 3.8) is 0 Å². The summed E-state index contributed by atoms with van der Waals surface area (Å²) in [5.74, 6) is 1.07. The molecular formula is C28H22N8O3. The molecule has 0 aliphatic heterocycles. The fourth-order valence-electron chi connectivity index (χ4n) is 4.12. The summed E-state index contributed by atoms with van der Waals surface area (Å²) in [5, 5.41) is 10.5. The minimum Gasteiger partial charge on any atom is -0.439 e. The summed E-state index contributed by atoms with van der Waals surface area (Å²) < 4.78 is 12.7. The minimum atomic E-state index is -0.269. The number of imidazole rings is 1. The number of rotatable bonds is 7. The number of pyridine rings is 1. The molecule has 0 atom stereocenters. The Balaban J connectivity index is 1.31. The second-order valence-corrected chi connectivity index (χ2v) is 8.60. The first-order valence-corrected chi connectivity index (χ1v) is 12.0. The van der Waals surface area contributed by atoms with Gasteiger partial charge in [-0.3, -0.25) is 9.36 Å². The highest BCUT2D eigenvalue weighted by Gasteiger charge is 2.21. The number of nitrogen functional groups attached to an aromatic ring is 1. The van der Waals surface area contributed by atoms with E-state index in [0.717, 1.165) is 11.3 Å². The van der Waals surface area contributed by atoms with Crippen LogP contribution in [0.5, 0.6) is 11.6 Å². The lowest BCUT2D eigenvalue weighted by molar-refractivity contribution is 0.102. The fraction of sp³-hybridized carbons (Fsp3) is 0.0357. The second-order valence-electron chi connectivity index (χ2n) is 8.60. The SMILES string of the molecule is NCc1ccc(NC(=O)c2cccc(Oc3cc4c(cn3)nc(-c3nonc3N)n4-c3ccccc3)c2)cc1. The lowest BCUT2D eigenvalue weighted by Crippen LogP contribution is -2.12. The van der Waals surface area contributed by atoms with Gasteiger partial charge in [-0.2, -0.15) is 0 Å². The smallest absolute Gasteiger partial charge is 0.255 e. The van der Waals surface area contributed by atoms with E-state index >= 15 is 0 Å². The molecule has 0 spiro atoms. The number of carbonyl (C=O) groups is 1. The average Bonchev–Trinajstić information content (AvgIpc) is 3.56. The van der Waals surface area contributed by atoms with Crippen molar-refractivity contribution in [2.24, 2.45) is 5.73 Å². The summed E-state index contributed by atoms with van der Waals surface area (Å²) in [4.78, 5) is 21.9. The first-order valence-electron chi connectivity index (χ1n) is 12.0. The summed E-state index contributed by atoms with van der Waals surface area (Å²) in [6.45, 7) is 0.437. The predicted octanol–water partition coefficient (Wildman–Crippen LogP) is 4.56. The van der Waals surface area contributed by atoms with E-state index in [1.807, 2.05) is 59.2 Å². The van der Waals surface area contributed by atoms with E-state index in [1.165, 1.54) is 0 Å². The zero-order valence-electron chi connectivity index (χ0n) is 20.5. The Hall–Kier alpha value is -5.55. The third kappa shape index (κ3) is 4.77. The molecule has 6 rings (SSSR count). The third-order valence-corrected chi connectivity index (χ3v) is 6.02. The molecule has 1 amide bonds. The summed E-state index contributed by atoms with van der Waals surface area (Å²) in [7, 11) is 0. The number of nitrogens with zero attached hydrogens (tertiary/aromatic N) is 5. The summed E-state index contributed by atoms with van der Waals surface area (Å²) in [5.41, 5.74) is 16.1. The van der Waals surface area contributed by atoms with Crippen molar-refractivity contribution in [2.75, 3.05) is 11.1 Å². The number of carbonyl (C=O) groups excluding carboxylic acids is 1. The van der Waals surface area contributed by atoms with E-state index in [2.05, 4.69) is 25.6 Å². The monoisotopic (exact) mass is 518 g/mol. The number of nitrogens with two attached hydrogens (primary N) is 2. The molecule has 6 aromatic rings. The molecule has 0 unspecified atom stereocenters. The van der Waals surface area contributed by atoms with E-state index in [-0.39, 0.29) is 11.7 Å². The van der Waals surface area contributed by atoms with Gasteiger partial charge < -0.3 is 21.5 Å². The molecule has 3 aromatic carbocycles.